The van der Waals surface area contributed by atoms with Gasteiger partial charge in [0.2, 0.25) is 0 Å². The molecule has 3 rings (SSSR count). The molecule has 0 atom stereocenters. The van der Waals surface area contributed by atoms with Crippen molar-refractivity contribution < 1.29 is 18.3 Å². The Balaban J connectivity index is 1.59. The summed E-state index contributed by atoms with van der Waals surface area (Å²) in [6, 6.07) is 6.17. The zero-order valence-corrected chi connectivity index (χ0v) is 13.2. The molecule has 2 heterocycles. The Labute approximate surface area is 142 Å². The van der Waals surface area contributed by atoms with Gasteiger partial charge < -0.3 is 10.1 Å². The summed E-state index contributed by atoms with van der Waals surface area (Å²) in [5, 5.41) is 2.57. The van der Waals surface area contributed by atoms with Gasteiger partial charge in [-0.15, -0.1) is 0 Å². The lowest BCUT2D eigenvalue weighted by atomic mass is 10.3. The van der Waals surface area contributed by atoms with Crippen LogP contribution in [-0.4, -0.2) is 27.0 Å². The summed E-state index contributed by atoms with van der Waals surface area (Å²) in [7, 11) is 0. The largest absolute Gasteiger partial charge is 0.481 e. The zero-order chi connectivity index (χ0) is 17.8. The standard InChI is InChI=1S/C17H14F2N4O2/c1-11-20-6-7-23(11)16-5-3-13(9-21-16)22-17(24)10-25-15-8-12(18)2-4-14(15)19/h2-9H,10H2,1H3,(H,22,24). The predicted molar refractivity (Wildman–Crippen MR) is 86.6 cm³/mol. The topological polar surface area (TPSA) is 69.0 Å². The van der Waals surface area contributed by atoms with Crippen LogP contribution in [-0.2, 0) is 4.79 Å². The van der Waals surface area contributed by atoms with Crippen molar-refractivity contribution >= 4 is 11.6 Å². The third-order valence-electron chi connectivity index (χ3n) is 3.36. The summed E-state index contributed by atoms with van der Waals surface area (Å²) in [5.74, 6) is -0.778. The number of nitrogens with one attached hydrogen (secondary N) is 1. The number of nitrogens with zero attached hydrogens (tertiary/aromatic N) is 3. The molecule has 6 nitrogen and oxygen atoms in total. The molecule has 0 aliphatic rings. The van der Waals surface area contributed by atoms with Crippen molar-refractivity contribution in [3.63, 3.8) is 0 Å². The second-order valence-corrected chi connectivity index (χ2v) is 5.16. The molecule has 8 heteroatoms. The first-order valence-electron chi connectivity index (χ1n) is 7.37. The number of imidazole rings is 1. The molecule has 0 bridgehead atoms. The average molecular weight is 344 g/mol. The molecule has 25 heavy (non-hydrogen) atoms. The Morgan fingerprint density at radius 1 is 1.24 bits per heavy atom. The van der Waals surface area contributed by atoms with E-state index in [4.69, 9.17) is 4.74 Å². The van der Waals surface area contributed by atoms with Gasteiger partial charge in [-0.05, 0) is 31.2 Å². The van der Waals surface area contributed by atoms with E-state index in [2.05, 4.69) is 15.3 Å². The van der Waals surface area contributed by atoms with Gasteiger partial charge in [0, 0.05) is 18.5 Å². The Bertz CT molecular complexity index is 894. The van der Waals surface area contributed by atoms with E-state index in [0.717, 1.165) is 24.0 Å². The summed E-state index contributed by atoms with van der Waals surface area (Å²) in [6.45, 7) is 1.39. The van der Waals surface area contributed by atoms with Crippen molar-refractivity contribution in [2.75, 3.05) is 11.9 Å². The van der Waals surface area contributed by atoms with Crippen LogP contribution in [0, 0.1) is 18.6 Å². The molecule has 1 N–H and O–H groups in total. The highest BCUT2D eigenvalue weighted by molar-refractivity contribution is 5.91. The molecule has 0 saturated carbocycles. The maximum absolute atomic E-state index is 13.4. The van der Waals surface area contributed by atoms with Crippen LogP contribution in [0.5, 0.6) is 5.75 Å². The summed E-state index contributed by atoms with van der Waals surface area (Å²) < 4.78 is 33.2. The summed E-state index contributed by atoms with van der Waals surface area (Å²) in [5.41, 5.74) is 0.454. The van der Waals surface area contributed by atoms with Gasteiger partial charge in [0.1, 0.15) is 17.5 Å². The Morgan fingerprint density at radius 3 is 2.76 bits per heavy atom. The lowest BCUT2D eigenvalue weighted by Gasteiger charge is -2.09. The highest BCUT2D eigenvalue weighted by atomic mass is 19.1. The minimum atomic E-state index is -0.740. The highest BCUT2D eigenvalue weighted by Crippen LogP contribution is 2.18. The monoisotopic (exact) mass is 344 g/mol. The molecule has 1 amide bonds. The lowest BCUT2D eigenvalue weighted by molar-refractivity contribution is -0.118. The highest BCUT2D eigenvalue weighted by Gasteiger charge is 2.09. The molecule has 0 radical (unpaired) electrons. The SMILES string of the molecule is Cc1nccn1-c1ccc(NC(=O)COc2cc(F)ccc2F)cn1. The quantitative estimate of drug-likeness (QED) is 0.773. The Morgan fingerprint density at radius 2 is 2.08 bits per heavy atom. The minimum absolute atomic E-state index is 0.320. The number of benzene rings is 1. The van der Waals surface area contributed by atoms with Gasteiger partial charge in [-0.2, -0.15) is 0 Å². The van der Waals surface area contributed by atoms with Gasteiger partial charge in [0.25, 0.3) is 5.91 Å². The number of carbonyl (C=O) groups is 1. The van der Waals surface area contributed by atoms with Gasteiger partial charge >= 0.3 is 0 Å². The fraction of sp³-hybridized carbons (Fsp3) is 0.118. The molecule has 0 fully saturated rings. The van der Waals surface area contributed by atoms with Crippen LogP contribution in [0.3, 0.4) is 0 Å². The summed E-state index contributed by atoms with van der Waals surface area (Å²) in [6.07, 6.45) is 4.92. The van der Waals surface area contributed by atoms with Crippen LogP contribution in [0.4, 0.5) is 14.5 Å². The van der Waals surface area contributed by atoms with Crippen molar-refractivity contribution in [2.24, 2.45) is 0 Å². The number of rotatable bonds is 5. The first kappa shape index (κ1) is 16.6. The van der Waals surface area contributed by atoms with Crippen LogP contribution >= 0.6 is 0 Å². The molecule has 128 valence electrons. The van der Waals surface area contributed by atoms with Crippen LogP contribution in [0.1, 0.15) is 5.82 Å². The molecular weight excluding hydrogens is 330 g/mol. The van der Waals surface area contributed by atoms with Gasteiger partial charge in [0.05, 0.1) is 11.9 Å². The Hall–Kier alpha value is -3.29. The number of hydrogen-bond acceptors (Lipinski definition) is 4. The normalized spacial score (nSPS) is 10.5. The fourth-order valence-corrected chi connectivity index (χ4v) is 2.15. The van der Waals surface area contributed by atoms with Crippen molar-refractivity contribution in [3.05, 3.63) is 66.4 Å². The van der Waals surface area contributed by atoms with E-state index in [1.165, 1.54) is 6.20 Å². The van der Waals surface area contributed by atoms with E-state index >= 15 is 0 Å². The van der Waals surface area contributed by atoms with E-state index in [9.17, 15) is 13.6 Å². The van der Waals surface area contributed by atoms with Gasteiger partial charge in [0.15, 0.2) is 18.2 Å². The van der Waals surface area contributed by atoms with Crippen molar-refractivity contribution in [1.29, 1.82) is 0 Å². The number of pyridine rings is 1. The van der Waals surface area contributed by atoms with Crippen molar-refractivity contribution in [3.8, 4) is 11.6 Å². The number of carbonyl (C=O) groups excluding carboxylic acids is 1. The number of halogens is 2. The van der Waals surface area contributed by atoms with E-state index in [0.29, 0.717) is 11.5 Å². The second-order valence-electron chi connectivity index (χ2n) is 5.16. The van der Waals surface area contributed by atoms with Crippen molar-refractivity contribution in [1.82, 2.24) is 14.5 Å². The first-order chi connectivity index (χ1) is 12.0. The lowest BCUT2D eigenvalue weighted by Crippen LogP contribution is -2.20. The zero-order valence-electron chi connectivity index (χ0n) is 13.2. The molecule has 2 aromatic heterocycles. The molecule has 0 unspecified atom stereocenters. The molecule has 0 aliphatic carbocycles. The molecular formula is C17H14F2N4O2. The predicted octanol–water partition coefficient (Wildman–Crippen LogP) is 2.87. The number of anilines is 1. The van der Waals surface area contributed by atoms with Crippen molar-refractivity contribution in [2.45, 2.75) is 6.92 Å². The fourth-order valence-electron chi connectivity index (χ4n) is 2.15. The van der Waals surface area contributed by atoms with Crippen LogP contribution in [0.25, 0.3) is 5.82 Å². The smallest absolute Gasteiger partial charge is 0.262 e. The number of ether oxygens (including phenoxy) is 1. The van der Waals surface area contributed by atoms with Crippen LogP contribution in [0.2, 0.25) is 0 Å². The molecule has 0 aliphatic heterocycles. The van der Waals surface area contributed by atoms with Gasteiger partial charge in [-0.3, -0.25) is 9.36 Å². The van der Waals surface area contributed by atoms with E-state index in [-0.39, 0.29) is 5.75 Å². The van der Waals surface area contributed by atoms with E-state index < -0.39 is 24.1 Å². The number of amides is 1. The number of hydrogen-bond donors (Lipinski definition) is 1. The second kappa shape index (κ2) is 7.08. The molecule has 1 aromatic carbocycles. The maximum atomic E-state index is 13.4. The maximum Gasteiger partial charge on any atom is 0.262 e. The molecule has 0 spiro atoms. The third kappa shape index (κ3) is 3.97. The van der Waals surface area contributed by atoms with E-state index in [1.54, 1.807) is 29.1 Å². The Kier molecular flexibility index (Phi) is 4.69. The van der Waals surface area contributed by atoms with Crippen LogP contribution < -0.4 is 10.1 Å². The first-order valence-corrected chi connectivity index (χ1v) is 7.37. The van der Waals surface area contributed by atoms with Gasteiger partial charge in [-0.1, -0.05) is 0 Å². The van der Waals surface area contributed by atoms with E-state index in [1.807, 2.05) is 6.92 Å². The summed E-state index contributed by atoms with van der Waals surface area (Å²) in [4.78, 5) is 20.2. The average Bonchev–Trinajstić information content (AvgIpc) is 3.02. The minimum Gasteiger partial charge on any atom is -0.481 e. The number of aromatic nitrogens is 3. The summed E-state index contributed by atoms with van der Waals surface area (Å²) >= 11 is 0. The molecule has 0 saturated heterocycles. The van der Waals surface area contributed by atoms with Crippen LogP contribution in [0.15, 0.2) is 48.9 Å². The number of aryl methyl sites for hydroxylation is 1. The van der Waals surface area contributed by atoms with Gasteiger partial charge in [-0.25, -0.2) is 18.7 Å². The third-order valence-corrected chi connectivity index (χ3v) is 3.36. The molecule has 3 aromatic rings.